The number of rotatable bonds is 5. The topological polar surface area (TPSA) is 78.5 Å². The van der Waals surface area contributed by atoms with Gasteiger partial charge >= 0.3 is 0 Å². The van der Waals surface area contributed by atoms with E-state index in [0.29, 0.717) is 6.54 Å². The van der Waals surface area contributed by atoms with Crippen molar-refractivity contribution in [1.82, 2.24) is 14.9 Å². The molecule has 2 rings (SSSR count). The summed E-state index contributed by atoms with van der Waals surface area (Å²) in [5.74, 6) is -0.572. The minimum Gasteiger partial charge on any atom is -0.337 e. The summed E-state index contributed by atoms with van der Waals surface area (Å²) in [5.41, 5.74) is 0. The number of carbonyl (C=O) groups is 1. The number of benzene rings is 1. The van der Waals surface area contributed by atoms with Crippen LogP contribution in [0.1, 0.15) is 13.3 Å². The number of halogens is 2. The van der Waals surface area contributed by atoms with Crippen molar-refractivity contribution in [2.75, 3.05) is 26.2 Å². The van der Waals surface area contributed by atoms with Gasteiger partial charge in [-0.3, -0.25) is 4.79 Å². The van der Waals surface area contributed by atoms with E-state index in [0.717, 1.165) is 25.2 Å². The molecule has 1 fully saturated rings. The maximum Gasteiger partial charge on any atom is 0.240 e. The van der Waals surface area contributed by atoms with E-state index in [9.17, 15) is 17.6 Å². The SMILES string of the molecule is CC1CNCCN1C(=O)CCNS(=O)(=O)c1ccc(F)cc1.Cl. The van der Waals surface area contributed by atoms with Gasteiger partial charge < -0.3 is 10.2 Å². The van der Waals surface area contributed by atoms with Gasteiger partial charge in [0.15, 0.2) is 0 Å². The molecular weight excluding hydrogens is 345 g/mol. The summed E-state index contributed by atoms with van der Waals surface area (Å²) in [6, 6.07) is 4.66. The smallest absolute Gasteiger partial charge is 0.240 e. The van der Waals surface area contributed by atoms with Crippen LogP contribution in [0.15, 0.2) is 29.2 Å². The van der Waals surface area contributed by atoms with Crippen LogP contribution in [0.5, 0.6) is 0 Å². The second kappa shape index (κ2) is 8.58. The molecule has 1 unspecified atom stereocenters. The van der Waals surface area contributed by atoms with Gasteiger partial charge in [0.2, 0.25) is 15.9 Å². The predicted octanol–water partition coefficient (Wildman–Crippen LogP) is 0.736. The molecule has 1 aromatic rings. The summed E-state index contributed by atoms with van der Waals surface area (Å²) in [6.07, 6.45) is 0.102. The molecule has 1 heterocycles. The molecule has 1 saturated heterocycles. The summed E-state index contributed by atoms with van der Waals surface area (Å²) in [7, 11) is -3.72. The first-order valence-corrected chi connectivity index (χ1v) is 8.64. The van der Waals surface area contributed by atoms with Crippen LogP contribution < -0.4 is 10.0 Å². The lowest BCUT2D eigenvalue weighted by Crippen LogP contribution is -2.52. The van der Waals surface area contributed by atoms with Gasteiger partial charge in [-0.15, -0.1) is 12.4 Å². The molecule has 2 N–H and O–H groups in total. The van der Waals surface area contributed by atoms with Crippen LogP contribution in [-0.4, -0.2) is 51.4 Å². The molecule has 1 amide bonds. The lowest BCUT2D eigenvalue weighted by Gasteiger charge is -2.34. The third kappa shape index (κ3) is 5.42. The molecule has 1 atom stereocenters. The van der Waals surface area contributed by atoms with E-state index in [1.54, 1.807) is 4.90 Å². The van der Waals surface area contributed by atoms with Crippen molar-refractivity contribution >= 4 is 28.3 Å². The number of carbonyl (C=O) groups excluding carboxylic acids is 1. The Morgan fingerprint density at radius 2 is 2.04 bits per heavy atom. The summed E-state index contributed by atoms with van der Waals surface area (Å²) < 4.78 is 39.2. The summed E-state index contributed by atoms with van der Waals surface area (Å²) in [6.45, 7) is 4.09. The van der Waals surface area contributed by atoms with E-state index in [1.165, 1.54) is 12.1 Å². The molecule has 0 spiro atoms. The number of hydrogen-bond acceptors (Lipinski definition) is 4. The van der Waals surface area contributed by atoms with Crippen LogP contribution in [0.2, 0.25) is 0 Å². The van der Waals surface area contributed by atoms with Crippen molar-refractivity contribution in [2.24, 2.45) is 0 Å². The zero-order valence-electron chi connectivity index (χ0n) is 12.8. The monoisotopic (exact) mass is 365 g/mol. The lowest BCUT2D eigenvalue weighted by molar-refractivity contribution is -0.133. The molecular formula is C14H21ClFN3O3S. The molecule has 1 aliphatic rings. The molecule has 9 heteroatoms. The van der Waals surface area contributed by atoms with Crippen LogP contribution in [0, 0.1) is 5.82 Å². The Hall–Kier alpha value is -1.22. The maximum atomic E-state index is 12.8. The Morgan fingerprint density at radius 1 is 1.39 bits per heavy atom. The molecule has 0 aliphatic carbocycles. The standard InChI is InChI=1S/C14H20FN3O3S.ClH/c1-11-10-16-8-9-18(11)14(19)6-7-17-22(20,21)13-4-2-12(15)3-5-13;/h2-5,11,16-17H,6-10H2,1H3;1H. The highest BCUT2D eigenvalue weighted by Gasteiger charge is 2.23. The average molecular weight is 366 g/mol. The fraction of sp³-hybridized carbons (Fsp3) is 0.500. The number of nitrogens with one attached hydrogen (secondary N) is 2. The van der Waals surface area contributed by atoms with Gasteiger partial charge in [-0.25, -0.2) is 17.5 Å². The minimum absolute atomic E-state index is 0. The lowest BCUT2D eigenvalue weighted by atomic mass is 10.2. The van der Waals surface area contributed by atoms with Crippen LogP contribution in [-0.2, 0) is 14.8 Å². The minimum atomic E-state index is -3.72. The molecule has 1 aliphatic heterocycles. The Bertz CT molecular complexity index is 625. The molecule has 0 bridgehead atoms. The Morgan fingerprint density at radius 3 is 2.65 bits per heavy atom. The van der Waals surface area contributed by atoms with E-state index in [-0.39, 0.29) is 42.2 Å². The first-order valence-electron chi connectivity index (χ1n) is 7.15. The first kappa shape index (κ1) is 19.8. The highest BCUT2D eigenvalue weighted by atomic mass is 35.5. The van der Waals surface area contributed by atoms with Gasteiger partial charge in [-0.05, 0) is 31.2 Å². The number of amides is 1. The molecule has 0 saturated carbocycles. The Balaban J connectivity index is 0.00000264. The molecule has 130 valence electrons. The van der Waals surface area contributed by atoms with E-state index >= 15 is 0 Å². The van der Waals surface area contributed by atoms with Gasteiger partial charge in [0, 0.05) is 38.6 Å². The van der Waals surface area contributed by atoms with Crippen molar-refractivity contribution in [2.45, 2.75) is 24.3 Å². The van der Waals surface area contributed by atoms with Crippen molar-refractivity contribution in [3.8, 4) is 0 Å². The molecule has 0 radical (unpaired) electrons. The summed E-state index contributed by atoms with van der Waals surface area (Å²) in [4.78, 5) is 13.8. The zero-order chi connectivity index (χ0) is 16.2. The Labute approximate surface area is 141 Å². The van der Waals surface area contributed by atoms with Crippen molar-refractivity contribution < 1.29 is 17.6 Å². The Kier molecular flexibility index (Phi) is 7.40. The van der Waals surface area contributed by atoms with Gasteiger partial charge in [-0.1, -0.05) is 0 Å². The third-order valence-electron chi connectivity index (χ3n) is 3.58. The maximum absolute atomic E-state index is 12.8. The third-order valence-corrected chi connectivity index (χ3v) is 5.05. The van der Waals surface area contributed by atoms with Crippen LogP contribution >= 0.6 is 12.4 Å². The fourth-order valence-electron chi connectivity index (χ4n) is 2.34. The zero-order valence-corrected chi connectivity index (χ0v) is 14.4. The summed E-state index contributed by atoms with van der Waals surface area (Å²) >= 11 is 0. The van der Waals surface area contributed by atoms with Gasteiger partial charge in [0.05, 0.1) is 4.90 Å². The summed E-state index contributed by atoms with van der Waals surface area (Å²) in [5, 5.41) is 3.19. The molecule has 23 heavy (non-hydrogen) atoms. The molecule has 1 aromatic carbocycles. The number of sulfonamides is 1. The van der Waals surface area contributed by atoms with Gasteiger partial charge in [0.25, 0.3) is 0 Å². The van der Waals surface area contributed by atoms with Gasteiger partial charge in [0.1, 0.15) is 5.82 Å². The van der Waals surface area contributed by atoms with Crippen LogP contribution in [0.3, 0.4) is 0 Å². The number of hydrogen-bond donors (Lipinski definition) is 2. The van der Waals surface area contributed by atoms with Crippen molar-refractivity contribution in [3.63, 3.8) is 0 Å². The normalized spacial score (nSPS) is 18.3. The second-order valence-electron chi connectivity index (χ2n) is 5.24. The van der Waals surface area contributed by atoms with Crippen LogP contribution in [0.4, 0.5) is 4.39 Å². The van der Waals surface area contributed by atoms with Crippen LogP contribution in [0.25, 0.3) is 0 Å². The van der Waals surface area contributed by atoms with E-state index in [2.05, 4.69) is 10.0 Å². The highest BCUT2D eigenvalue weighted by molar-refractivity contribution is 7.89. The molecule has 6 nitrogen and oxygen atoms in total. The highest BCUT2D eigenvalue weighted by Crippen LogP contribution is 2.10. The largest absolute Gasteiger partial charge is 0.337 e. The van der Waals surface area contributed by atoms with E-state index < -0.39 is 15.8 Å². The number of piperazine rings is 1. The van der Waals surface area contributed by atoms with Crippen molar-refractivity contribution in [1.29, 1.82) is 0 Å². The quantitative estimate of drug-likeness (QED) is 0.806. The number of nitrogens with zero attached hydrogens (tertiary/aromatic N) is 1. The fourth-order valence-corrected chi connectivity index (χ4v) is 3.38. The average Bonchev–Trinajstić information content (AvgIpc) is 2.48. The van der Waals surface area contributed by atoms with E-state index in [1.807, 2.05) is 6.92 Å². The predicted molar refractivity (Wildman–Crippen MR) is 87.5 cm³/mol. The second-order valence-corrected chi connectivity index (χ2v) is 7.01. The first-order chi connectivity index (χ1) is 10.4. The van der Waals surface area contributed by atoms with Gasteiger partial charge in [-0.2, -0.15) is 0 Å². The van der Waals surface area contributed by atoms with E-state index in [4.69, 9.17) is 0 Å². The van der Waals surface area contributed by atoms with Crippen molar-refractivity contribution in [3.05, 3.63) is 30.1 Å². The molecule has 0 aromatic heterocycles.